The quantitative estimate of drug-likeness (QED) is 0.699. The van der Waals surface area contributed by atoms with Crippen LogP contribution in [0.4, 0.5) is 0 Å². The Morgan fingerprint density at radius 2 is 2.24 bits per heavy atom. The highest BCUT2D eigenvalue weighted by Crippen LogP contribution is 2.03. The lowest BCUT2D eigenvalue weighted by Crippen LogP contribution is -2.26. The van der Waals surface area contributed by atoms with Crippen molar-refractivity contribution >= 4 is 5.91 Å². The number of aliphatic hydroxyl groups excluding tert-OH is 1. The van der Waals surface area contributed by atoms with Crippen LogP contribution in [0.3, 0.4) is 0 Å². The van der Waals surface area contributed by atoms with E-state index >= 15 is 0 Å². The van der Waals surface area contributed by atoms with Gasteiger partial charge in [-0.1, -0.05) is 6.07 Å². The first-order valence-electron chi connectivity index (χ1n) is 6.02. The standard InChI is InChI=1S/C13H20N2O2/c1-11-6-5-8-14-12(11)10-13(17)15-7-3-2-4-9-16/h5-6,8,16H,2-4,7,9-10H2,1H3,(H,15,17). The second-order valence-electron chi connectivity index (χ2n) is 4.08. The van der Waals surface area contributed by atoms with Gasteiger partial charge in [0, 0.05) is 19.3 Å². The number of aliphatic hydroxyl groups is 1. The predicted octanol–water partition coefficient (Wildman–Crippen LogP) is 1.21. The SMILES string of the molecule is Cc1cccnc1CC(=O)NCCCCCO. The lowest BCUT2D eigenvalue weighted by molar-refractivity contribution is -0.120. The van der Waals surface area contributed by atoms with Crippen LogP contribution in [0.2, 0.25) is 0 Å². The number of aromatic nitrogens is 1. The van der Waals surface area contributed by atoms with E-state index in [4.69, 9.17) is 5.11 Å². The van der Waals surface area contributed by atoms with E-state index < -0.39 is 0 Å². The van der Waals surface area contributed by atoms with E-state index in [2.05, 4.69) is 10.3 Å². The van der Waals surface area contributed by atoms with Crippen molar-refractivity contribution in [2.75, 3.05) is 13.2 Å². The zero-order chi connectivity index (χ0) is 12.5. The summed E-state index contributed by atoms with van der Waals surface area (Å²) in [5, 5.41) is 11.5. The predicted molar refractivity (Wildman–Crippen MR) is 66.6 cm³/mol. The van der Waals surface area contributed by atoms with Gasteiger partial charge in [0.15, 0.2) is 0 Å². The molecule has 94 valence electrons. The number of amides is 1. The summed E-state index contributed by atoms with van der Waals surface area (Å²) >= 11 is 0. The minimum atomic E-state index is 0.01000. The Balaban J connectivity index is 2.23. The average molecular weight is 236 g/mol. The van der Waals surface area contributed by atoms with E-state index in [1.165, 1.54) is 0 Å². The highest BCUT2D eigenvalue weighted by molar-refractivity contribution is 5.78. The number of rotatable bonds is 7. The summed E-state index contributed by atoms with van der Waals surface area (Å²) in [7, 11) is 0. The molecule has 1 amide bonds. The van der Waals surface area contributed by atoms with Crippen molar-refractivity contribution in [1.29, 1.82) is 0 Å². The van der Waals surface area contributed by atoms with Crippen LogP contribution in [0.1, 0.15) is 30.5 Å². The maximum Gasteiger partial charge on any atom is 0.226 e. The normalized spacial score (nSPS) is 10.2. The number of nitrogens with one attached hydrogen (secondary N) is 1. The summed E-state index contributed by atoms with van der Waals surface area (Å²) in [6.07, 6.45) is 4.70. The second kappa shape index (κ2) is 7.79. The minimum absolute atomic E-state index is 0.01000. The minimum Gasteiger partial charge on any atom is -0.396 e. The third-order valence-electron chi connectivity index (χ3n) is 2.60. The van der Waals surface area contributed by atoms with Crippen molar-refractivity contribution < 1.29 is 9.90 Å². The number of hydrogen-bond acceptors (Lipinski definition) is 3. The number of nitrogens with zero attached hydrogens (tertiary/aromatic N) is 1. The molecule has 0 aromatic carbocycles. The van der Waals surface area contributed by atoms with Crippen LogP contribution in [0.25, 0.3) is 0 Å². The third-order valence-corrected chi connectivity index (χ3v) is 2.60. The Morgan fingerprint density at radius 3 is 2.94 bits per heavy atom. The van der Waals surface area contributed by atoms with Crippen molar-refractivity contribution in [3.05, 3.63) is 29.6 Å². The number of unbranched alkanes of at least 4 members (excludes halogenated alkanes) is 2. The summed E-state index contributed by atoms with van der Waals surface area (Å²) in [5.41, 5.74) is 1.88. The molecule has 0 fully saturated rings. The molecule has 2 N–H and O–H groups in total. The Kier molecular flexibility index (Phi) is 6.25. The fourth-order valence-corrected chi connectivity index (χ4v) is 1.56. The van der Waals surface area contributed by atoms with E-state index in [-0.39, 0.29) is 12.5 Å². The van der Waals surface area contributed by atoms with Crippen LogP contribution in [0.15, 0.2) is 18.3 Å². The molecule has 0 atom stereocenters. The number of hydrogen-bond donors (Lipinski definition) is 2. The molecule has 0 aliphatic heterocycles. The number of carbonyl (C=O) groups is 1. The Morgan fingerprint density at radius 1 is 1.41 bits per heavy atom. The van der Waals surface area contributed by atoms with Crippen LogP contribution < -0.4 is 5.32 Å². The van der Waals surface area contributed by atoms with Gasteiger partial charge in [-0.15, -0.1) is 0 Å². The highest BCUT2D eigenvalue weighted by atomic mass is 16.2. The molecule has 4 heteroatoms. The van der Waals surface area contributed by atoms with Gasteiger partial charge < -0.3 is 10.4 Å². The summed E-state index contributed by atoms with van der Waals surface area (Å²) in [6, 6.07) is 3.82. The fraction of sp³-hybridized carbons (Fsp3) is 0.538. The maximum absolute atomic E-state index is 11.6. The highest BCUT2D eigenvalue weighted by Gasteiger charge is 2.05. The fourth-order valence-electron chi connectivity index (χ4n) is 1.56. The van der Waals surface area contributed by atoms with Gasteiger partial charge in [0.05, 0.1) is 12.1 Å². The molecule has 4 nitrogen and oxygen atoms in total. The molecule has 0 saturated carbocycles. The molecular weight excluding hydrogens is 216 g/mol. The van der Waals surface area contributed by atoms with Gasteiger partial charge in [0.25, 0.3) is 0 Å². The van der Waals surface area contributed by atoms with Crippen molar-refractivity contribution in [3.63, 3.8) is 0 Å². The maximum atomic E-state index is 11.6. The van der Waals surface area contributed by atoms with Crippen molar-refractivity contribution in [2.24, 2.45) is 0 Å². The van der Waals surface area contributed by atoms with E-state index in [9.17, 15) is 4.79 Å². The lowest BCUT2D eigenvalue weighted by Gasteiger charge is -2.06. The Bertz CT molecular complexity index is 353. The number of pyridine rings is 1. The molecular formula is C13H20N2O2. The second-order valence-corrected chi connectivity index (χ2v) is 4.08. The molecule has 17 heavy (non-hydrogen) atoms. The van der Waals surface area contributed by atoms with E-state index in [0.717, 1.165) is 30.5 Å². The smallest absolute Gasteiger partial charge is 0.226 e. The molecule has 1 rings (SSSR count). The monoisotopic (exact) mass is 236 g/mol. The molecule has 0 aliphatic carbocycles. The molecule has 0 radical (unpaired) electrons. The molecule has 0 bridgehead atoms. The van der Waals surface area contributed by atoms with Crippen LogP contribution in [-0.4, -0.2) is 29.1 Å². The van der Waals surface area contributed by atoms with Crippen molar-refractivity contribution in [3.8, 4) is 0 Å². The van der Waals surface area contributed by atoms with Crippen LogP contribution >= 0.6 is 0 Å². The molecule has 1 aromatic heterocycles. The molecule has 1 heterocycles. The molecule has 0 saturated heterocycles. The molecule has 0 unspecified atom stereocenters. The van der Waals surface area contributed by atoms with E-state index in [1.54, 1.807) is 6.20 Å². The molecule has 1 aromatic rings. The number of carbonyl (C=O) groups excluding carboxylic acids is 1. The van der Waals surface area contributed by atoms with Crippen LogP contribution in [-0.2, 0) is 11.2 Å². The van der Waals surface area contributed by atoms with Gasteiger partial charge in [-0.25, -0.2) is 0 Å². The first-order chi connectivity index (χ1) is 8.24. The average Bonchev–Trinajstić information content (AvgIpc) is 2.32. The third kappa shape index (κ3) is 5.45. The van der Waals surface area contributed by atoms with Gasteiger partial charge in [-0.3, -0.25) is 9.78 Å². The summed E-state index contributed by atoms with van der Waals surface area (Å²) in [4.78, 5) is 15.8. The Hall–Kier alpha value is -1.42. The van der Waals surface area contributed by atoms with Crippen LogP contribution in [0.5, 0.6) is 0 Å². The van der Waals surface area contributed by atoms with E-state index in [1.807, 2.05) is 19.1 Å². The van der Waals surface area contributed by atoms with Gasteiger partial charge in [0.1, 0.15) is 0 Å². The van der Waals surface area contributed by atoms with Gasteiger partial charge in [-0.2, -0.15) is 0 Å². The summed E-state index contributed by atoms with van der Waals surface area (Å²) in [6.45, 7) is 2.85. The zero-order valence-electron chi connectivity index (χ0n) is 10.3. The largest absolute Gasteiger partial charge is 0.396 e. The van der Waals surface area contributed by atoms with Gasteiger partial charge in [0.2, 0.25) is 5.91 Å². The van der Waals surface area contributed by atoms with E-state index in [0.29, 0.717) is 13.0 Å². The zero-order valence-corrected chi connectivity index (χ0v) is 10.3. The first-order valence-corrected chi connectivity index (χ1v) is 6.02. The topological polar surface area (TPSA) is 62.2 Å². The van der Waals surface area contributed by atoms with Gasteiger partial charge >= 0.3 is 0 Å². The molecule has 0 spiro atoms. The van der Waals surface area contributed by atoms with Crippen molar-refractivity contribution in [2.45, 2.75) is 32.6 Å². The number of aryl methyl sites for hydroxylation is 1. The lowest BCUT2D eigenvalue weighted by atomic mass is 10.1. The molecule has 0 aliphatic rings. The first kappa shape index (κ1) is 13.6. The Labute approximate surface area is 102 Å². The summed E-state index contributed by atoms with van der Waals surface area (Å²) in [5.74, 6) is 0.01000. The summed E-state index contributed by atoms with van der Waals surface area (Å²) < 4.78 is 0. The van der Waals surface area contributed by atoms with Gasteiger partial charge in [-0.05, 0) is 37.8 Å². The van der Waals surface area contributed by atoms with Crippen molar-refractivity contribution in [1.82, 2.24) is 10.3 Å². The van der Waals surface area contributed by atoms with Crippen LogP contribution in [0, 0.1) is 6.92 Å².